The van der Waals surface area contributed by atoms with Crippen molar-refractivity contribution in [2.75, 3.05) is 18.9 Å². The summed E-state index contributed by atoms with van der Waals surface area (Å²) in [6, 6.07) is 4.35. The van der Waals surface area contributed by atoms with Crippen molar-refractivity contribution in [3.63, 3.8) is 0 Å². The molecular weight excluding hydrogens is 300 g/mol. The standard InChI is InChI=1S/C13H19ClN2O3S/c14-12-6-5-11(9-13(12)15)20(18,19)16-7-1-3-10(16)4-2-8-17/h5-6,9-10,17H,1-4,7-8,15H2. The minimum atomic E-state index is -3.54. The van der Waals surface area contributed by atoms with Crippen molar-refractivity contribution in [2.45, 2.75) is 36.6 Å². The number of aliphatic hydroxyl groups is 1. The summed E-state index contributed by atoms with van der Waals surface area (Å²) in [7, 11) is -3.54. The lowest BCUT2D eigenvalue weighted by Gasteiger charge is -2.24. The maximum atomic E-state index is 12.6. The molecule has 1 aliphatic heterocycles. The number of nitrogens with zero attached hydrogens (tertiary/aromatic N) is 1. The normalized spacial score (nSPS) is 20.4. The van der Waals surface area contributed by atoms with Crippen molar-refractivity contribution in [2.24, 2.45) is 0 Å². The Hall–Kier alpha value is -0.820. The summed E-state index contributed by atoms with van der Waals surface area (Å²) in [6.45, 7) is 0.596. The molecule has 1 atom stereocenters. The summed E-state index contributed by atoms with van der Waals surface area (Å²) in [5.41, 5.74) is 5.95. The van der Waals surface area contributed by atoms with Crippen LogP contribution in [0, 0.1) is 0 Å². The first-order chi connectivity index (χ1) is 9.46. The van der Waals surface area contributed by atoms with Gasteiger partial charge < -0.3 is 10.8 Å². The first-order valence-corrected chi connectivity index (χ1v) is 8.46. The van der Waals surface area contributed by atoms with E-state index in [1.807, 2.05) is 0 Å². The number of rotatable bonds is 5. The van der Waals surface area contributed by atoms with Crippen LogP contribution >= 0.6 is 11.6 Å². The smallest absolute Gasteiger partial charge is 0.243 e. The average Bonchev–Trinajstić information content (AvgIpc) is 2.88. The van der Waals surface area contributed by atoms with E-state index >= 15 is 0 Å². The zero-order chi connectivity index (χ0) is 14.8. The Bertz CT molecular complexity index is 577. The number of benzene rings is 1. The molecule has 1 aromatic rings. The van der Waals surface area contributed by atoms with E-state index in [-0.39, 0.29) is 23.2 Å². The summed E-state index contributed by atoms with van der Waals surface area (Å²) >= 11 is 5.83. The van der Waals surface area contributed by atoms with E-state index in [1.54, 1.807) is 0 Å². The van der Waals surface area contributed by atoms with E-state index in [0.29, 0.717) is 24.4 Å². The monoisotopic (exact) mass is 318 g/mol. The molecule has 1 fully saturated rings. The molecule has 0 aliphatic carbocycles. The minimum Gasteiger partial charge on any atom is -0.397 e. The topological polar surface area (TPSA) is 83.6 Å². The highest BCUT2D eigenvalue weighted by Gasteiger charge is 2.34. The molecule has 1 unspecified atom stereocenters. The second-order valence-electron chi connectivity index (χ2n) is 4.96. The Morgan fingerprint density at radius 3 is 2.85 bits per heavy atom. The third-order valence-corrected chi connectivity index (χ3v) is 5.88. The van der Waals surface area contributed by atoms with Crippen molar-refractivity contribution in [1.82, 2.24) is 4.31 Å². The van der Waals surface area contributed by atoms with Crippen molar-refractivity contribution in [3.05, 3.63) is 23.2 Å². The predicted molar refractivity (Wildman–Crippen MR) is 79.1 cm³/mol. The molecule has 1 heterocycles. The number of nitrogen functional groups attached to an aromatic ring is 1. The number of hydrogen-bond acceptors (Lipinski definition) is 4. The molecule has 2 rings (SSSR count). The molecule has 7 heteroatoms. The predicted octanol–water partition coefficient (Wildman–Crippen LogP) is 1.85. The zero-order valence-electron chi connectivity index (χ0n) is 11.1. The number of nitrogens with two attached hydrogens (primary N) is 1. The van der Waals surface area contributed by atoms with Crippen LogP contribution in [-0.2, 0) is 10.0 Å². The molecular formula is C13H19ClN2O3S. The van der Waals surface area contributed by atoms with Crippen LogP contribution in [0.5, 0.6) is 0 Å². The molecule has 1 aliphatic rings. The third kappa shape index (κ3) is 3.09. The number of halogens is 1. The maximum Gasteiger partial charge on any atom is 0.243 e. The molecule has 5 nitrogen and oxygen atoms in total. The third-order valence-electron chi connectivity index (χ3n) is 3.59. The van der Waals surface area contributed by atoms with Crippen LogP contribution in [0.25, 0.3) is 0 Å². The van der Waals surface area contributed by atoms with Crippen molar-refractivity contribution in [1.29, 1.82) is 0 Å². The number of aliphatic hydroxyl groups excluding tert-OH is 1. The summed E-state index contributed by atoms with van der Waals surface area (Å²) in [5, 5.41) is 9.25. The maximum absolute atomic E-state index is 12.6. The van der Waals surface area contributed by atoms with Crippen LogP contribution in [0.1, 0.15) is 25.7 Å². The van der Waals surface area contributed by atoms with Gasteiger partial charge in [-0.1, -0.05) is 11.6 Å². The lowest BCUT2D eigenvalue weighted by atomic mass is 10.1. The molecule has 1 saturated heterocycles. The largest absolute Gasteiger partial charge is 0.397 e. The van der Waals surface area contributed by atoms with Crippen LogP contribution in [0.15, 0.2) is 23.1 Å². The Labute approximate surface area is 124 Å². The van der Waals surface area contributed by atoms with Gasteiger partial charge in [0.2, 0.25) is 10.0 Å². The lowest BCUT2D eigenvalue weighted by molar-refractivity contribution is 0.264. The van der Waals surface area contributed by atoms with E-state index in [2.05, 4.69) is 0 Å². The van der Waals surface area contributed by atoms with Crippen LogP contribution in [0.3, 0.4) is 0 Å². The van der Waals surface area contributed by atoms with Crippen molar-refractivity contribution >= 4 is 27.3 Å². The Morgan fingerprint density at radius 2 is 2.20 bits per heavy atom. The van der Waals surface area contributed by atoms with Crippen molar-refractivity contribution in [3.8, 4) is 0 Å². The lowest BCUT2D eigenvalue weighted by Crippen LogP contribution is -2.35. The highest BCUT2D eigenvalue weighted by atomic mass is 35.5. The highest BCUT2D eigenvalue weighted by Crippen LogP contribution is 2.30. The number of sulfonamides is 1. The van der Waals surface area contributed by atoms with Crippen LogP contribution in [-0.4, -0.2) is 37.0 Å². The SMILES string of the molecule is Nc1cc(S(=O)(=O)N2CCCC2CCCO)ccc1Cl. The first-order valence-electron chi connectivity index (χ1n) is 6.64. The van der Waals surface area contributed by atoms with Gasteiger partial charge in [-0.2, -0.15) is 4.31 Å². The molecule has 20 heavy (non-hydrogen) atoms. The van der Waals surface area contributed by atoms with E-state index in [9.17, 15) is 8.42 Å². The summed E-state index contributed by atoms with van der Waals surface area (Å²) in [4.78, 5) is 0.176. The Balaban J connectivity index is 2.26. The van der Waals surface area contributed by atoms with Gasteiger partial charge in [-0.05, 0) is 43.9 Å². The summed E-state index contributed by atoms with van der Waals surface area (Å²) < 4.78 is 26.8. The molecule has 0 amide bonds. The van der Waals surface area contributed by atoms with Crippen LogP contribution < -0.4 is 5.73 Å². The van der Waals surface area contributed by atoms with E-state index < -0.39 is 10.0 Å². The van der Waals surface area contributed by atoms with Crippen molar-refractivity contribution < 1.29 is 13.5 Å². The minimum absolute atomic E-state index is 0.0379. The molecule has 1 aromatic carbocycles. The summed E-state index contributed by atoms with van der Waals surface area (Å²) in [5.74, 6) is 0. The van der Waals surface area contributed by atoms with Gasteiger partial charge >= 0.3 is 0 Å². The fourth-order valence-electron chi connectivity index (χ4n) is 2.56. The number of anilines is 1. The van der Waals surface area contributed by atoms with Crippen LogP contribution in [0.2, 0.25) is 5.02 Å². The van der Waals surface area contributed by atoms with E-state index in [4.69, 9.17) is 22.4 Å². The van der Waals surface area contributed by atoms with Gasteiger partial charge in [-0.15, -0.1) is 0 Å². The highest BCUT2D eigenvalue weighted by molar-refractivity contribution is 7.89. The zero-order valence-corrected chi connectivity index (χ0v) is 12.7. The van der Waals surface area contributed by atoms with Gasteiger partial charge in [-0.25, -0.2) is 8.42 Å². The second kappa shape index (κ2) is 6.30. The Kier molecular flexibility index (Phi) is 4.90. The molecule has 0 spiro atoms. The van der Waals surface area contributed by atoms with Crippen LogP contribution in [0.4, 0.5) is 5.69 Å². The molecule has 112 valence electrons. The fraction of sp³-hybridized carbons (Fsp3) is 0.538. The van der Waals surface area contributed by atoms with Gasteiger partial charge in [0.05, 0.1) is 15.6 Å². The number of hydrogen-bond donors (Lipinski definition) is 2. The van der Waals surface area contributed by atoms with Gasteiger partial charge in [-0.3, -0.25) is 0 Å². The van der Waals surface area contributed by atoms with Gasteiger partial charge in [0.25, 0.3) is 0 Å². The molecule has 0 aromatic heterocycles. The molecule has 0 radical (unpaired) electrons. The van der Waals surface area contributed by atoms with Gasteiger partial charge in [0, 0.05) is 19.2 Å². The van der Waals surface area contributed by atoms with Gasteiger partial charge in [0.15, 0.2) is 0 Å². The summed E-state index contributed by atoms with van der Waals surface area (Å²) in [6.07, 6.45) is 2.97. The van der Waals surface area contributed by atoms with Gasteiger partial charge in [0.1, 0.15) is 0 Å². The molecule has 3 N–H and O–H groups in total. The van der Waals surface area contributed by atoms with E-state index in [1.165, 1.54) is 22.5 Å². The average molecular weight is 319 g/mol. The fourth-order valence-corrected chi connectivity index (χ4v) is 4.44. The Morgan fingerprint density at radius 1 is 1.45 bits per heavy atom. The second-order valence-corrected chi connectivity index (χ2v) is 7.26. The quantitative estimate of drug-likeness (QED) is 0.811. The first kappa shape index (κ1) is 15.6. The van der Waals surface area contributed by atoms with E-state index in [0.717, 1.165) is 12.8 Å². The molecule has 0 saturated carbocycles. The molecule has 0 bridgehead atoms.